The molecule has 124 valence electrons. The van der Waals surface area contributed by atoms with E-state index in [1.165, 1.54) is 15.8 Å². The molecule has 7 heteroatoms. The van der Waals surface area contributed by atoms with E-state index in [-0.39, 0.29) is 11.3 Å². The van der Waals surface area contributed by atoms with Crippen molar-refractivity contribution in [2.24, 2.45) is 0 Å². The molecule has 0 saturated heterocycles. The number of thiophene rings is 1. The Morgan fingerprint density at radius 2 is 2.25 bits per heavy atom. The van der Waals surface area contributed by atoms with Crippen molar-refractivity contribution in [3.8, 4) is 0 Å². The van der Waals surface area contributed by atoms with Gasteiger partial charge in [0.05, 0.1) is 11.6 Å². The summed E-state index contributed by atoms with van der Waals surface area (Å²) in [5, 5.41) is 0.659. The number of hydrogen-bond donors (Lipinski definition) is 1. The van der Waals surface area contributed by atoms with Crippen LogP contribution in [0.1, 0.15) is 46.6 Å². The Labute approximate surface area is 142 Å². The van der Waals surface area contributed by atoms with Gasteiger partial charge < -0.3 is 4.42 Å². The Kier molecular flexibility index (Phi) is 3.72. The van der Waals surface area contributed by atoms with Gasteiger partial charge in [-0.15, -0.1) is 11.3 Å². The van der Waals surface area contributed by atoms with Crippen molar-refractivity contribution in [2.45, 2.75) is 39.0 Å². The van der Waals surface area contributed by atoms with Gasteiger partial charge in [0.15, 0.2) is 5.76 Å². The van der Waals surface area contributed by atoms with Crippen LogP contribution in [-0.2, 0) is 19.3 Å². The maximum Gasteiger partial charge on any atom is 0.305 e. The molecule has 1 aliphatic rings. The quantitative estimate of drug-likeness (QED) is 0.793. The highest BCUT2D eigenvalue weighted by Gasteiger charge is 2.22. The van der Waals surface area contributed by atoms with Crippen LogP contribution in [0.3, 0.4) is 0 Å². The van der Waals surface area contributed by atoms with Crippen LogP contribution in [0.2, 0.25) is 0 Å². The van der Waals surface area contributed by atoms with Crippen LogP contribution in [0.4, 0.5) is 0 Å². The topological polar surface area (TPSA) is 77.1 Å². The number of aromatic nitrogens is 2. The van der Waals surface area contributed by atoms with E-state index in [9.17, 15) is 9.59 Å². The molecule has 0 saturated carbocycles. The Bertz CT molecular complexity index is 969. The molecule has 3 heterocycles. The summed E-state index contributed by atoms with van der Waals surface area (Å²) in [6.45, 7) is 1.91. The average molecular weight is 343 g/mol. The summed E-state index contributed by atoms with van der Waals surface area (Å²) in [4.78, 5) is 32.0. The molecule has 1 N–H and O–H groups in total. The van der Waals surface area contributed by atoms with Crippen molar-refractivity contribution < 1.29 is 9.21 Å². The lowest BCUT2D eigenvalue weighted by Crippen LogP contribution is -2.36. The van der Waals surface area contributed by atoms with Gasteiger partial charge in [0.25, 0.3) is 5.56 Å². The summed E-state index contributed by atoms with van der Waals surface area (Å²) in [5.74, 6) is 0.254. The standard InChI is InChI=1S/C17H17N3O3S/c1-2-13-18-16-14(10-6-3-4-8-12(10)24-16)17(22)20(13)19-15(21)11-7-5-9-23-11/h5,7,9H,2-4,6,8H2,1H3,(H,19,21). The fourth-order valence-corrected chi connectivity index (χ4v) is 4.43. The smallest absolute Gasteiger partial charge is 0.305 e. The molecule has 0 spiro atoms. The summed E-state index contributed by atoms with van der Waals surface area (Å²) in [6, 6.07) is 3.19. The number of rotatable bonds is 3. The number of carbonyl (C=O) groups is 1. The molecule has 4 rings (SSSR count). The second kappa shape index (κ2) is 5.90. The average Bonchev–Trinajstić information content (AvgIpc) is 3.24. The molecule has 24 heavy (non-hydrogen) atoms. The van der Waals surface area contributed by atoms with Crippen LogP contribution in [0.15, 0.2) is 27.6 Å². The number of nitrogens with one attached hydrogen (secondary N) is 1. The highest BCUT2D eigenvalue weighted by atomic mass is 32.1. The van der Waals surface area contributed by atoms with E-state index in [1.807, 2.05) is 6.92 Å². The van der Waals surface area contributed by atoms with Crippen molar-refractivity contribution in [1.82, 2.24) is 9.66 Å². The van der Waals surface area contributed by atoms with E-state index in [1.54, 1.807) is 23.5 Å². The van der Waals surface area contributed by atoms with Gasteiger partial charge in [0.1, 0.15) is 10.7 Å². The van der Waals surface area contributed by atoms with Gasteiger partial charge in [-0.2, -0.15) is 0 Å². The molecule has 0 radical (unpaired) electrons. The second-order valence-corrected chi connectivity index (χ2v) is 6.92. The molecule has 6 nitrogen and oxygen atoms in total. The highest BCUT2D eigenvalue weighted by molar-refractivity contribution is 7.18. The van der Waals surface area contributed by atoms with E-state index in [0.29, 0.717) is 17.6 Å². The van der Waals surface area contributed by atoms with Gasteiger partial charge in [0.2, 0.25) is 0 Å². The Morgan fingerprint density at radius 1 is 1.42 bits per heavy atom. The normalized spacial score (nSPS) is 13.9. The number of fused-ring (bicyclic) bond motifs is 3. The van der Waals surface area contributed by atoms with E-state index < -0.39 is 5.91 Å². The zero-order valence-electron chi connectivity index (χ0n) is 13.3. The third kappa shape index (κ3) is 2.36. The van der Waals surface area contributed by atoms with E-state index >= 15 is 0 Å². The number of aryl methyl sites for hydroxylation is 3. The number of furan rings is 1. The number of amides is 1. The maximum atomic E-state index is 13.0. The number of nitrogens with zero attached hydrogens (tertiary/aromatic N) is 2. The first-order chi connectivity index (χ1) is 11.7. The van der Waals surface area contributed by atoms with Crippen LogP contribution in [-0.4, -0.2) is 15.6 Å². The van der Waals surface area contributed by atoms with Gasteiger partial charge in [-0.25, -0.2) is 9.66 Å². The summed E-state index contributed by atoms with van der Waals surface area (Å²) >= 11 is 1.61. The maximum absolute atomic E-state index is 13.0. The van der Waals surface area contributed by atoms with Crippen molar-refractivity contribution in [2.75, 3.05) is 5.43 Å². The number of hydrogen-bond acceptors (Lipinski definition) is 5. The largest absolute Gasteiger partial charge is 0.459 e. The molecule has 0 atom stereocenters. The summed E-state index contributed by atoms with van der Waals surface area (Å²) in [7, 11) is 0. The summed E-state index contributed by atoms with van der Waals surface area (Å²) in [5.41, 5.74) is 3.55. The molecule has 0 aliphatic heterocycles. The predicted octanol–water partition coefficient (Wildman–Crippen LogP) is 2.88. The van der Waals surface area contributed by atoms with Crippen molar-refractivity contribution in [1.29, 1.82) is 0 Å². The molecule has 3 aromatic heterocycles. The Morgan fingerprint density at radius 3 is 3.00 bits per heavy atom. The summed E-state index contributed by atoms with van der Waals surface area (Å²) < 4.78 is 6.37. The van der Waals surface area contributed by atoms with Crippen molar-refractivity contribution in [3.63, 3.8) is 0 Å². The predicted molar refractivity (Wildman–Crippen MR) is 92.3 cm³/mol. The van der Waals surface area contributed by atoms with Crippen LogP contribution in [0, 0.1) is 0 Å². The van der Waals surface area contributed by atoms with Gasteiger partial charge in [-0.05, 0) is 43.4 Å². The first-order valence-electron chi connectivity index (χ1n) is 8.10. The fraction of sp³-hybridized carbons (Fsp3) is 0.353. The number of carbonyl (C=O) groups excluding carboxylic acids is 1. The Balaban J connectivity index is 1.86. The molecule has 0 unspecified atom stereocenters. The van der Waals surface area contributed by atoms with Gasteiger partial charge in [-0.3, -0.25) is 15.0 Å². The second-order valence-electron chi connectivity index (χ2n) is 5.83. The van der Waals surface area contributed by atoms with Crippen LogP contribution < -0.4 is 11.0 Å². The third-order valence-corrected chi connectivity index (χ3v) is 5.52. The molecule has 0 fully saturated rings. The molecule has 0 bridgehead atoms. The molecule has 0 aromatic carbocycles. The fourth-order valence-electron chi connectivity index (χ4n) is 3.16. The first-order valence-corrected chi connectivity index (χ1v) is 8.91. The van der Waals surface area contributed by atoms with E-state index in [4.69, 9.17) is 4.42 Å². The molecule has 1 amide bonds. The third-order valence-electron chi connectivity index (χ3n) is 4.33. The first kappa shape index (κ1) is 15.1. The molecular weight excluding hydrogens is 326 g/mol. The Hall–Kier alpha value is -2.41. The van der Waals surface area contributed by atoms with Crippen molar-refractivity contribution >= 4 is 27.5 Å². The van der Waals surface area contributed by atoms with Gasteiger partial charge >= 0.3 is 5.91 Å². The van der Waals surface area contributed by atoms with Crippen LogP contribution >= 0.6 is 11.3 Å². The highest BCUT2D eigenvalue weighted by Crippen LogP contribution is 2.33. The monoisotopic (exact) mass is 343 g/mol. The lowest BCUT2D eigenvalue weighted by molar-refractivity contribution is 0.0980. The van der Waals surface area contributed by atoms with Gasteiger partial charge in [0, 0.05) is 11.3 Å². The van der Waals surface area contributed by atoms with Crippen LogP contribution in [0.25, 0.3) is 10.2 Å². The SMILES string of the molecule is CCc1nc2sc3c(c2c(=O)n1NC(=O)c1ccco1)CCCC3. The lowest BCUT2D eigenvalue weighted by atomic mass is 9.97. The molecular formula is C17H17N3O3S. The van der Waals surface area contributed by atoms with Crippen LogP contribution in [0.5, 0.6) is 0 Å². The zero-order chi connectivity index (χ0) is 16.7. The minimum absolute atomic E-state index is 0.163. The molecule has 3 aromatic rings. The van der Waals surface area contributed by atoms with Crippen molar-refractivity contribution in [3.05, 3.63) is 50.8 Å². The minimum Gasteiger partial charge on any atom is -0.459 e. The lowest BCUT2D eigenvalue weighted by Gasteiger charge is -2.13. The van der Waals surface area contributed by atoms with E-state index in [2.05, 4.69) is 10.4 Å². The molecule has 1 aliphatic carbocycles. The van der Waals surface area contributed by atoms with E-state index in [0.717, 1.165) is 36.1 Å². The zero-order valence-corrected chi connectivity index (χ0v) is 14.1. The summed E-state index contributed by atoms with van der Waals surface area (Å²) in [6.07, 6.45) is 6.14. The van der Waals surface area contributed by atoms with Gasteiger partial charge in [-0.1, -0.05) is 6.92 Å². The minimum atomic E-state index is -0.456.